The largest absolute Gasteiger partial charge is 0.444 e. The highest BCUT2D eigenvalue weighted by molar-refractivity contribution is 7.98. The number of nitrogens with zero attached hydrogens (tertiary/aromatic N) is 1. The molecule has 220 valence electrons. The molecule has 0 aliphatic heterocycles. The van der Waals surface area contributed by atoms with Crippen LogP contribution in [0.25, 0.3) is 0 Å². The summed E-state index contributed by atoms with van der Waals surface area (Å²) < 4.78 is 5.47. The Morgan fingerprint density at radius 2 is 1.77 bits per heavy atom. The van der Waals surface area contributed by atoms with Gasteiger partial charge in [0.15, 0.2) is 0 Å². The van der Waals surface area contributed by atoms with E-state index in [2.05, 4.69) is 17.6 Å². The number of hydrogen-bond acceptors (Lipinski definition) is 5. The lowest BCUT2D eigenvalue weighted by Gasteiger charge is -2.35. The fourth-order valence-corrected chi connectivity index (χ4v) is 5.08. The minimum atomic E-state index is -0.933. The number of carbonyl (C=O) groups is 3. The standard InChI is InChI=1S/C31H44ClN3O4S/c1-8-9-10-18-35(29(37)25(17-19-40-7)33-30(38)39-31(4,5)6)27(23-15-11-13-21(2)20-23)28(36)34-26-22(3)14-12-16-24(26)32/h11-16,20,25,27H,8-10,17-19H2,1-7H3,(H,33,38)(H,34,36). The molecular formula is C31H44ClN3O4S. The second kappa shape index (κ2) is 15.9. The fourth-order valence-electron chi connectivity index (χ4n) is 4.34. The number of thioether (sulfide) groups is 1. The van der Waals surface area contributed by atoms with E-state index in [0.29, 0.717) is 41.4 Å². The van der Waals surface area contributed by atoms with E-state index in [4.69, 9.17) is 16.3 Å². The van der Waals surface area contributed by atoms with Gasteiger partial charge < -0.3 is 20.3 Å². The Kier molecular flexibility index (Phi) is 13.3. The number of aryl methyl sites for hydroxylation is 2. The van der Waals surface area contributed by atoms with Crippen LogP contribution in [0.1, 0.15) is 76.1 Å². The summed E-state index contributed by atoms with van der Waals surface area (Å²) in [5, 5.41) is 6.20. The number of para-hydroxylation sites is 1. The molecule has 0 spiro atoms. The van der Waals surface area contributed by atoms with Gasteiger partial charge in [0.05, 0.1) is 10.7 Å². The third-order valence-corrected chi connectivity index (χ3v) is 7.23. The highest BCUT2D eigenvalue weighted by Gasteiger charge is 2.36. The quantitative estimate of drug-likeness (QED) is 0.239. The Balaban J connectivity index is 2.56. The van der Waals surface area contributed by atoms with E-state index in [1.165, 1.54) is 0 Å². The lowest BCUT2D eigenvalue weighted by atomic mass is 9.99. The number of alkyl carbamates (subject to hydrolysis) is 1. The molecule has 2 rings (SSSR count). The number of nitrogens with one attached hydrogen (secondary N) is 2. The number of halogens is 1. The molecule has 0 radical (unpaired) electrons. The Hall–Kier alpha value is -2.71. The Labute approximate surface area is 248 Å². The molecule has 0 aliphatic carbocycles. The molecule has 3 amide bonds. The minimum Gasteiger partial charge on any atom is -0.444 e. The van der Waals surface area contributed by atoms with Gasteiger partial charge >= 0.3 is 6.09 Å². The van der Waals surface area contributed by atoms with Gasteiger partial charge in [-0.1, -0.05) is 73.3 Å². The number of anilines is 1. The molecule has 0 saturated carbocycles. The number of carbonyl (C=O) groups excluding carboxylic acids is 3. The van der Waals surface area contributed by atoms with E-state index in [9.17, 15) is 14.4 Å². The summed E-state index contributed by atoms with van der Waals surface area (Å²) >= 11 is 8.03. The fraction of sp³-hybridized carbons (Fsp3) is 0.516. The van der Waals surface area contributed by atoms with Crippen LogP contribution in [0.4, 0.5) is 10.5 Å². The summed E-state index contributed by atoms with van der Waals surface area (Å²) in [5.41, 5.74) is 2.27. The summed E-state index contributed by atoms with van der Waals surface area (Å²) in [4.78, 5) is 42.7. The zero-order valence-electron chi connectivity index (χ0n) is 24.8. The van der Waals surface area contributed by atoms with Gasteiger partial charge in [-0.05, 0) is 76.7 Å². The number of hydrogen-bond donors (Lipinski definition) is 2. The summed E-state index contributed by atoms with van der Waals surface area (Å²) in [7, 11) is 0. The number of benzene rings is 2. The third kappa shape index (κ3) is 10.4. The van der Waals surface area contributed by atoms with Crippen LogP contribution in [0.5, 0.6) is 0 Å². The van der Waals surface area contributed by atoms with Crippen molar-refractivity contribution in [2.24, 2.45) is 0 Å². The predicted octanol–water partition coefficient (Wildman–Crippen LogP) is 7.30. The van der Waals surface area contributed by atoms with E-state index in [-0.39, 0.29) is 11.8 Å². The number of rotatable bonds is 13. The molecule has 9 heteroatoms. The molecule has 0 heterocycles. The van der Waals surface area contributed by atoms with Crippen molar-refractivity contribution in [1.82, 2.24) is 10.2 Å². The van der Waals surface area contributed by atoms with Crippen molar-refractivity contribution in [2.45, 2.75) is 84.9 Å². The van der Waals surface area contributed by atoms with Gasteiger partial charge in [0, 0.05) is 6.54 Å². The van der Waals surface area contributed by atoms with Crippen molar-refractivity contribution in [3.8, 4) is 0 Å². The van der Waals surface area contributed by atoms with Crippen LogP contribution >= 0.6 is 23.4 Å². The van der Waals surface area contributed by atoms with Crippen molar-refractivity contribution < 1.29 is 19.1 Å². The highest BCUT2D eigenvalue weighted by Crippen LogP contribution is 2.30. The van der Waals surface area contributed by atoms with Gasteiger partial charge in [-0.3, -0.25) is 9.59 Å². The first kappa shape index (κ1) is 33.5. The molecule has 40 heavy (non-hydrogen) atoms. The molecule has 7 nitrogen and oxygen atoms in total. The van der Waals surface area contributed by atoms with Crippen molar-refractivity contribution in [1.29, 1.82) is 0 Å². The van der Waals surface area contributed by atoms with Crippen molar-refractivity contribution in [3.63, 3.8) is 0 Å². The van der Waals surface area contributed by atoms with E-state index < -0.39 is 23.8 Å². The monoisotopic (exact) mass is 589 g/mol. The highest BCUT2D eigenvalue weighted by atomic mass is 35.5. The molecule has 0 fully saturated rings. The zero-order valence-corrected chi connectivity index (χ0v) is 26.4. The second-order valence-electron chi connectivity index (χ2n) is 11.0. The number of unbranched alkanes of at least 4 members (excludes halogenated alkanes) is 2. The third-order valence-electron chi connectivity index (χ3n) is 6.27. The zero-order chi connectivity index (χ0) is 29.9. The smallest absolute Gasteiger partial charge is 0.408 e. The predicted molar refractivity (Wildman–Crippen MR) is 166 cm³/mol. The molecule has 0 aromatic heterocycles. The normalized spacial score (nSPS) is 12.8. The lowest BCUT2D eigenvalue weighted by molar-refractivity contribution is -0.141. The van der Waals surface area contributed by atoms with Crippen LogP contribution in [0.15, 0.2) is 42.5 Å². The molecule has 0 bridgehead atoms. The Morgan fingerprint density at radius 3 is 2.38 bits per heavy atom. The second-order valence-corrected chi connectivity index (χ2v) is 12.3. The van der Waals surface area contributed by atoms with Crippen LogP contribution in [0, 0.1) is 13.8 Å². The minimum absolute atomic E-state index is 0.325. The van der Waals surface area contributed by atoms with E-state index in [0.717, 1.165) is 24.0 Å². The van der Waals surface area contributed by atoms with Crippen molar-refractivity contribution in [2.75, 3.05) is 23.9 Å². The van der Waals surface area contributed by atoms with Crippen LogP contribution in [-0.2, 0) is 14.3 Å². The number of amides is 3. The molecule has 2 atom stereocenters. The number of ether oxygens (including phenoxy) is 1. The van der Waals surface area contributed by atoms with Gasteiger partial charge in [0.2, 0.25) is 5.91 Å². The van der Waals surface area contributed by atoms with Crippen molar-refractivity contribution >= 4 is 47.0 Å². The van der Waals surface area contributed by atoms with Crippen LogP contribution in [0.2, 0.25) is 5.02 Å². The first-order chi connectivity index (χ1) is 18.9. The first-order valence-corrected chi connectivity index (χ1v) is 15.6. The molecule has 2 aromatic rings. The van der Waals surface area contributed by atoms with Gasteiger partial charge in [-0.25, -0.2) is 4.79 Å². The van der Waals surface area contributed by atoms with Gasteiger partial charge in [-0.15, -0.1) is 0 Å². The molecule has 2 unspecified atom stereocenters. The van der Waals surface area contributed by atoms with E-state index >= 15 is 0 Å². The molecule has 2 N–H and O–H groups in total. The Bertz CT molecular complexity index is 1130. The first-order valence-electron chi connectivity index (χ1n) is 13.8. The van der Waals surface area contributed by atoms with E-state index in [1.807, 2.05) is 56.5 Å². The average molecular weight is 590 g/mol. The maximum atomic E-state index is 14.3. The molecular weight excluding hydrogens is 546 g/mol. The lowest BCUT2D eigenvalue weighted by Crippen LogP contribution is -2.52. The Morgan fingerprint density at radius 1 is 1.07 bits per heavy atom. The molecule has 0 saturated heterocycles. The van der Waals surface area contributed by atoms with Crippen LogP contribution in [-0.4, -0.2) is 53.0 Å². The van der Waals surface area contributed by atoms with Crippen molar-refractivity contribution in [3.05, 3.63) is 64.2 Å². The molecule has 0 aliphatic rings. The summed E-state index contributed by atoms with van der Waals surface area (Å²) in [6.07, 6.45) is 4.24. The maximum absolute atomic E-state index is 14.3. The summed E-state index contributed by atoms with van der Waals surface area (Å²) in [5.74, 6) is -0.0455. The van der Waals surface area contributed by atoms with Gasteiger partial charge in [0.1, 0.15) is 17.7 Å². The van der Waals surface area contributed by atoms with E-state index in [1.54, 1.807) is 43.5 Å². The molecule has 2 aromatic carbocycles. The van der Waals surface area contributed by atoms with Crippen LogP contribution in [0.3, 0.4) is 0 Å². The maximum Gasteiger partial charge on any atom is 0.408 e. The van der Waals surface area contributed by atoms with Crippen LogP contribution < -0.4 is 10.6 Å². The van der Waals surface area contributed by atoms with Gasteiger partial charge in [0.25, 0.3) is 5.91 Å². The average Bonchev–Trinajstić information content (AvgIpc) is 2.86. The SMILES string of the molecule is CCCCCN(C(=O)C(CCSC)NC(=O)OC(C)(C)C)C(C(=O)Nc1c(C)cccc1Cl)c1cccc(C)c1. The summed E-state index contributed by atoms with van der Waals surface area (Å²) in [6.45, 7) is 11.6. The summed E-state index contributed by atoms with van der Waals surface area (Å²) in [6, 6.07) is 11.2. The topological polar surface area (TPSA) is 87.7 Å². The van der Waals surface area contributed by atoms with Gasteiger partial charge in [-0.2, -0.15) is 11.8 Å².